The maximum atomic E-state index is 11.5. The van der Waals surface area contributed by atoms with Crippen LogP contribution in [0.25, 0.3) is 0 Å². The van der Waals surface area contributed by atoms with Crippen LogP contribution in [0, 0.1) is 0 Å². The van der Waals surface area contributed by atoms with Crippen LogP contribution in [0.1, 0.15) is 32.6 Å². The largest absolute Gasteiger partial charge is 0.355 e. The lowest BCUT2D eigenvalue weighted by Crippen LogP contribution is -2.44. The third kappa shape index (κ3) is 4.10. The van der Waals surface area contributed by atoms with Gasteiger partial charge in [0.25, 0.3) is 0 Å². The minimum Gasteiger partial charge on any atom is -0.355 e. The molecule has 0 bridgehead atoms. The summed E-state index contributed by atoms with van der Waals surface area (Å²) in [5.74, 6) is 0.140. The predicted molar refractivity (Wildman–Crippen MR) is 66.4 cm³/mol. The highest BCUT2D eigenvalue weighted by Crippen LogP contribution is 2.21. The fourth-order valence-corrected chi connectivity index (χ4v) is 2.41. The first kappa shape index (κ1) is 13.5. The first-order chi connectivity index (χ1) is 7.67. The van der Waals surface area contributed by atoms with Crippen LogP contribution in [0.3, 0.4) is 0 Å². The second-order valence-electron chi connectivity index (χ2n) is 4.66. The number of carbonyl (C=O) groups is 1. The lowest BCUT2D eigenvalue weighted by atomic mass is 9.90. The molecule has 0 unspecified atom stereocenters. The van der Waals surface area contributed by atoms with Crippen LogP contribution in [0.5, 0.6) is 0 Å². The van der Waals surface area contributed by atoms with Crippen LogP contribution in [0.4, 0.5) is 0 Å². The Labute approximate surface area is 98.8 Å². The van der Waals surface area contributed by atoms with Gasteiger partial charge in [0.2, 0.25) is 5.91 Å². The van der Waals surface area contributed by atoms with Crippen molar-refractivity contribution in [2.75, 3.05) is 27.2 Å². The average molecular weight is 227 g/mol. The van der Waals surface area contributed by atoms with Crippen LogP contribution < -0.4 is 10.6 Å². The summed E-state index contributed by atoms with van der Waals surface area (Å²) in [5.41, 5.74) is 0. The molecule has 1 aliphatic rings. The first-order valence-electron chi connectivity index (χ1n) is 6.31. The molecule has 0 aromatic carbocycles. The molecular weight excluding hydrogens is 202 g/mol. The average Bonchev–Trinajstić information content (AvgIpc) is 2.29. The van der Waals surface area contributed by atoms with Crippen LogP contribution >= 0.6 is 0 Å². The summed E-state index contributed by atoms with van der Waals surface area (Å²) in [6, 6.07) is 1.25. The summed E-state index contributed by atoms with van der Waals surface area (Å²) in [7, 11) is 4.09. The topological polar surface area (TPSA) is 44.4 Å². The Morgan fingerprint density at radius 3 is 2.44 bits per heavy atom. The van der Waals surface area contributed by atoms with E-state index in [0.717, 1.165) is 6.54 Å². The maximum Gasteiger partial charge on any atom is 0.234 e. The van der Waals surface area contributed by atoms with Gasteiger partial charge < -0.3 is 10.6 Å². The van der Waals surface area contributed by atoms with Crippen molar-refractivity contribution in [3.05, 3.63) is 0 Å². The smallest absolute Gasteiger partial charge is 0.234 e. The van der Waals surface area contributed by atoms with E-state index in [0.29, 0.717) is 18.6 Å². The van der Waals surface area contributed by atoms with Gasteiger partial charge in [0, 0.05) is 18.6 Å². The molecule has 0 radical (unpaired) electrons. The molecule has 0 aromatic heterocycles. The van der Waals surface area contributed by atoms with Gasteiger partial charge in [0.05, 0.1) is 6.54 Å². The summed E-state index contributed by atoms with van der Waals surface area (Å²) in [6.45, 7) is 3.21. The van der Waals surface area contributed by atoms with E-state index in [1.807, 2.05) is 14.0 Å². The van der Waals surface area contributed by atoms with Gasteiger partial charge in [-0.25, -0.2) is 0 Å². The zero-order valence-corrected chi connectivity index (χ0v) is 10.8. The molecule has 0 aromatic rings. The number of nitrogens with one attached hydrogen (secondary N) is 2. The number of hydrogen-bond acceptors (Lipinski definition) is 3. The van der Waals surface area contributed by atoms with Gasteiger partial charge in [0.1, 0.15) is 0 Å². The molecule has 1 aliphatic carbocycles. The van der Waals surface area contributed by atoms with Crippen molar-refractivity contribution in [1.82, 2.24) is 15.5 Å². The number of likely N-dealkylation sites (N-methyl/N-ethyl adjacent to an activating group) is 2. The molecule has 0 aliphatic heterocycles. The first-order valence-corrected chi connectivity index (χ1v) is 6.31. The monoisotopic (exact) mass is 227 g/mol. The van der Waals surface area contributed by atoms with Crippen LogP contribution in [0.2, 0.25) is 0 Å². The molecule has 94 valence electrons. The Hall–Kier alpha value is -0.610. The number of nitrogens with zero attached hydrogens (tertiary/aromatic N) is 1. The summed E-state index contributed by atoms with van der Waals surface area (Å²) in [6.07, 6.45) is 4.84. The molecule has 2 N–H and O–H groups in total. The standard InChI is InChI=1S/C12H25N3O/c1-4-14-12(16)9-15(3)11-7-5-10(13-2)6-8-11/h10-11,13H,4-9H2,1-3H3,(H,14,16). The Balaban J connectivity index is 2.27. The predicted octanol–water partition coefficient (Wildman–Crippen LogP) is 0.585. The molecule has 4 nitrogen and oxygen atoms in total. The Morgan fingerprint density at radius 2 is 1.94 bits per heavy atom. The van der Waals surface area contributed by atoms with Gasteiger partial charge in [-0.15, -0.1) is 0 Å². The minimum absolute atomic E-state index is 0.140. The van der Waals surface area contributed by atoms with Crippen LogP contribution in [-0.4, -0.2) is 50.1 Å². The second-order valence-corrected chi connectivity index (χ2v) is 4.66. The minimum atomic E-state index is 0.140. The molecule has 0 atom stereocenters. The SMILES string of the molecule is CCNC(=O)CN(C)C1CCC(NC)CC1. The molecule has 1 fully saturated rings. The fourth-order valence-electron chi connectivity index (χ4n) is 2.41. The van der Waals surface area contributed by atoms with Crippen LogP contribution in [0.15, 0.2) is 0 Å². The second kappa shape index (κ2) is 6.86. The number of amides is 1. The molecule has 16 heavy (non-hydrogen) atoms. The van der Waals surface area contributed by atoms with E-state index in [-0.39, 0.29) is 5.91 Å². The van der Waals surface area contributed by atoms with Crippen molar-refractivity contribution in [2.45, 2.75) is 44.7 Å². The van der Waals surface area contributed by atoms with Gasteiger partial charge >= 0.3 is 0 Å². The molecular formula is C12H25N3O. The number of hydrogen-bond donors (Lipinski definition) is 2. The highest BCUT2D eigenvalue weighted by Gasteiger charge is 2.23. The van der Waals surface area contributed by atoms with Gasteiger partial charge in [-0.1, -0.05) is 0 Å². The Kier molecular flexibility index (Phi) is 5.77. The summed E-state index contributed by atoms with van der Waals surface area (Å²) in [5, 5.41) is 6.17. The zero-order valence-electron chi connectivity index (χ0n) is 10.8. The summed E-state index contributed by atoms with van der Waals surface area (Å²) in [4.78, 5) is 13.6. The summed E-state index contributed by atoms with van der Waals surface area (Å²) < 4.78 is 0. The van der Waals surface area contributed by atoms with E-state index in [9.17, 15) is 4.79 Å². The normalized spacial score (nSPS) is 25.8. The molecule has 4 heteroatoms. The highest BCUT2D eigenvalue weighted by molar-refractivity contribution is 5.77. The van der Waals surface area contributed by atoms with Crippen molar-refractivity contribution in [2.24, 2.45) is 0 Å². The molecule has 1 rings (SSSR count). The van der Waals surface area contributed by atoms with Crippen molar-refractivity contribution < 1.29 is 4.79 Å². The van der Waals surface area contributed by atoms with Crippen molar-refractivity contribution in [3.63, 3.8) is 0 Å². The van der Waals surface area contributed by atoms with Crippen molar-refractivity contribution in [3.8, 4) is 0 Å². The highest BCUT2D eigenvalue weighted by atomic mass is 16.2. The van der Waals surface area contributed by atoms with Crippen LogP contribution in [-0.2, 0) is 4.79 Å². The number of carbonyl (C=O) groups excluding carboxylic acids is 1. The molecule has 1 amide bonds. The third-order valence-electron chi connectivity index (χ3n) is 3.50. The molecule has 0 spiro atoms. The van der Waals surface area contributed by atoms with E-state index in [1.165, 1.54) is 25.7 Å². The van der Waals surface area contributed by atoms with E-state index in [2.05, 4.69) is 22.6 Å². The fraction of sp³-hybridized carbons (Fsp3) is 0.917. The molecule has 0 heterocycles. The Morgan fingerprint density at radius 1 is 1.31 bits per heavy atom. The van der Waals surface area contributed by atoms with Gasteiger partial charge in [-0.05, 0) is 46.7 Å². The van der Waals surface area contributed by atoms with E-state index < -0.39 is 0 Å². The van der Waals surface area contributed by atoms with Gasteiger partial charge in [-0.3, -0.25) is 9.69 Å². The van der Waals surface area contributed by atoms with Crippen molar-refractivity contribution in [1.29, 1.82) is 0 Å². The third-order valence-corrected chi connectivity index (χ3v) is 3.50. The van der Waals surface area contributed by atoms with Gasteiger partial charge in [0.15, 0.2) is 0 Å². The van der Waals surface area contributed by atoms with E-state index in [4.69, 9.17) is 0 Å². The van der Waals surface area contributed by atoms with Crippen molar-refractivity contribution >= 4 is 5.91 Å². The molecule has 1 saturated carbocycles. The Bertz CT molecular complexity index is 212. The van der Waals surface area contributed by atoms with Gasteiger partial charge in [-0.2, -0.15) is 0 Å². The number of rotatable bonds is 5. The molecule has 0 saturated heterocycles. The summed E-state index contributed by atoms with van der Waals surface area (Å²) >= 11 is 0. The zero-order chi connectivity index (χ0) is 12.0. The maximum absolute atomic E-state index is 11.5. The quantitative estimate of drug-likeness (QED) is 0.722. The lowest BCUT2D eigenvalue weighted by Gasteiger charge is -2.34. The van der Waals surface area contributed by atoms with E-state index in [1.54, 1.807) is 0 Å². The van der Waals surface area contributed by atoms with E-state index >= 15 is 0 Å². The lowest BCUT2D eigenvalue weighted by molar-refractivity contribution is -0.122.